The van der Waals surface area contributed by atoms with Crippen molar-refractivity contribution in [3.8, 4) is 0 Å². The van der Waals surface area contributed by atoms with E-state index in [1.54, 1.807) is 29.7 Å². The van der Waals surface area contributed by atoms with Gasteiger partial charge in [-0.2, -0.15) is 0 Å². The normalized spacial score (nSPS) is 24.6. The Balaban J connectivity index is 1.73. The van der Waals surface area contributed by atoms with E-state index >= 15 is 0 Å². The van der Waals surface area contributed by atoms with E-state index in [2.05, 4.69) is 10.6 Å². The Morgan fingerprint density at radius 3 is 2.53 bits per heavy atom. The molecule has 3 amide bonds. The molecule has 1 aromatic rings. The van der Waals surface area contributed by atoms with Gasteiger partial charge in [-0.25, -0.2) is 0 Å². The zero-order chi connectivity index (χ0) is 22.2. The van der Waals surface area contributed by atoms with Crippen molar-refractivity contribution in [2.45, 2.75) is 69.3 Å². The summed E-state index contributed by atoms with van der Waals surface area (Å²) in [5.74, 6) is -0.724. The molecule has 1 saturated heterocycles. The van der Waals surface area contributed by atoms with Gasteiger partial charge >= 0.3 is 0 Å². The molecule has 0 saturated carbocycles. The molecule has 2 aliphatic heterocycles. The molecule has 2 aliphatic rings. The summed E-state index contributed by atoms with van der Waals surface area (Å²) < 4.78 is -0.501. The highest BCUT2D eigenvalue weighted by Gasteiger charge is 2.57. The van der Waals surface area contributed by atoms with Gasteiger partial charge in [-0.15, -0.1) is 11.8 Å². The van der Waals surface area contributed by atoms with E-state index in [1.165, 1.54) is 0 Å². The maximum absolute atomic E-state index is 13.2. The first-order valence-electron chi connectivity index (χ1n) is 10.4. The average molecular weight is 434 g/mol. The fourth-order valence-electron chi connectivity index (χ4n) is 4.12. The number of nitrogens with one attached hydrogen (secondary N) is 2. The number of carbonyl (C=O) groups is 3. The highest BCUT2D eigenvalue weighted by atomic mass is 32.2. The van der Waals surface area contributed by atoms with Gasteiger partial charge in [-0.05, 0) is 38.3 Å². The SMILES string of the molecule is CC[C@H](C)[C@@H](CO)NC(=O)[C@H](C)NC(=O)[C@H]1N2C(=O)c3ccccc3[C@@H]2SC1(C)C. The summed E-state index contributed by atoms with van der Waals surface area (Å²) in [6.07, 6.45) is 0.818. The molecule has 0 bridgehead atoms. The lowest BCUT2D eigenvalue weighted by Gasteiger charge is -2.31. The van der Waals surface area contributed by atoms with Gasteiger partial charge in [0.2, 0.25) is 11.8 Å². The minimum atomic E-state index is -0.782. The van der Waals surface area contributed by atoms with E-state index in [4.69, 9.17) is 0 Å². The first-order valence-corrected chi connectivity index (χ1v) is 11.3. The molecular weight excluding hydrogens is 402 g/mol. The number of hydrogen-bond donors (Lipinski definition) is 3. The maximum atomic E-state index is 13.2. The van der Waals surface area contributed by atoms with Gasteiger partial charge in [0.1, 0.15) is 17.5 Å². The van der Waals surface area contributed by atoms with Crippen LogP contribution in [0, 0.1) is 5.92 Å². The molecule has 0 aliphatic carbocycles. The summed E-state index contributed by atoms with van der Waals surface area (Å²) in [5, 5.41) is 14.9. The van der Waals surface area contributed by atoms with Crippen molar-refractivity contribution in [3.05, 3.63) is 35.4 Å². The third-order valence-electron chi connectivity index (χ3n) is 6.15. The van der Waals surface area contributed by atoms with E-state index in [0.717, 1.165) is 12.0 Å². The zero-order valence-electron chi connectivity index (χ0n) is 18.1. The molecule has 30 heavy (non-hydrogen) atoms. The number of aliphatic hydroxyl groups is 1. The van der Waals surface area contributed by atoms with E-state index in [-0.39, 0.29) is 41.7 Å². The standard InChI is InChI=1S/C22H31N3O4S/c1-6-12(2)16(11-26)24-18(27)13(3)23-19(28)17-22(4,5)30-21-15-10-8-7-9-14(15)20(29)25(17)21/h7-10,12-13,16-17,21,26H,6,11H2,1-5H3,(H,23,28)(H,24,27)/t12-,13-,16+,17+,21-/m0/s1. The largest absolute Gasteiger partial charge is 0.394 e. The number of benzene rings is 1. The summed E-state index contributed by atoms with van der Waals surface area (Å²) in [6, 6.07) is 5.61. The molecule has 8 heteroatoms. The molecule has 0 unspecified atom stereocenters. The van der Waals surface area contributed by atoms with Crippen LogP contribution in [0.25, 0.3) is 0 Å². The van der Waals surface area contributed by atoms with Crippen LogP contribution >= 0.6 is 11.8 Å². The minimum absolute atomic E-state index is 0.119. The van der Waals surface area contributed by atoms with Crippen LogP contribution < -0.4 is 10.6 Å². The van der Waals surface area contributed by atoms with Crippen LogP contribution in [0.4, 0.5) is 0 Å². The van der Waals surface area contributed by atoms with Gasteiger partial charge in [0, 0.05) is 10.3 Å². The average Bonchev–Trinajstić information content (AvgIpc) is 3.14. The van der Waals surface area contributed by atoms with Crippen molar-refractivity contribution in [3.63, 3.8) is 0 Å². The van der Waals surface area contributed by atoms with Crippen LogP contribution in [-0.4, -0.2) is 57.2 Å². The van der Waals surface area contributed by atoms with Gasteiger partial charge < -0.3 is 20.6 Å². The van der Waals surface area contributed by atoms with E-state index in [9.17, 15) is 19.5 Å². The van der Waals surface area contributed by atoms with Crippen LogP contribution in [0.2, 0.25) is 0 Å². The quantitative estimate of drug-likeness (QED) is 0.611. The fourth-order valence-corrected chi connectivity index (χ4v) is 5.71. The Morgan fingerprint density at radius 2 is 1.90 bits per heavy atom. The molecule has 7 nitrogen and oxygen atoms in total. The van der Waals surface area contributed by atoms with Gasteiger partial charge in [-0.3, -0.25) is 14.4 Å². The Morgan fingerprint density at radius 1 is 1.23 bits per heavy atom. The second-order valence-electron chi connectivity index (χ2n) is 8.69. The van der Waals surface area contributed by atoms with Gasteiger partial charge in [0.15, 0.2) is 0 Å². The Bertz CT molecular complexity index is 843. The molecule has 0 spiro atoms. The lowest BCUT2D eigenvalue weighted by molar-refractivity contribution is -0.132. The number of thioether (sulfide) groups is 1. The zero-order valence-corrected chi connectivity index (χ0v) is 19.0. The van der Waals surface area contributed by atoms with E-state index in [1.807, 2.05) is 45.9 Å². The molecule has 0 aromatic heterocycles. The molecule has 1 aromatic carbocycles. The number of aliphatic hydroxyl groups excluding tert-OH is 1. The smallest absolute Gasteiger partial charge is 0.256 e. The lowest BCUT2D eigenvalue weighted by Crippen LogP contribution is -2.57. The van der Waals surface area contributed by atoms with Crippen LogP contribution in [0.3, 0.4) is 0 Å². The Labute approximate surface area is 182 Å². The maximum Gasteiger partial charge on any atom is 0.256 e. The third kappa shape index (κ3) is 3.95. The molecule has 164 valence electrons. The van der Waals surface area contributed by atoms with Crippen molar-refractivity contribution in [2.24, 2.45) is 5.92 Å². The van der Waals surface area contributed by atoms with Crippen molar-refractivity contribution < 1.29 is 19.5 Å². The summed E-state index contributed by atoms with van der Waals surface area (Å²) >= 11 is 1.59. The van der Waals surface area contributed by atoms with Crippen LogP contribution in [-0.2, 0) is 9.59 Å². The highest BCUT2D eigenvalue weighted by molar-refractivity contribution is 8.01. The van der Waals surface area contributed by atoms with Crippen LogP contribution in [0.1, 0.15) is 62.3 Å². The molecule has 3 N–H and O–H groups in total. The predicted octanol–water partition coefficient (Wildman–Crippen LogP) is 2.06. The molecule has 5 atom stereocenters. The van der Waals surface area contributed by atoms with Crippen molar-refractivity contribution >= 4 is 29.5 Å². The summed E-state index contributed by atoms with van der Waals surface area (Å²) in [5.41, 5.74) is 1.56. The molecular formula is C22H31N3O4S. The van der Waals surface area contributed by atoms with Crippen molar-refractivity contribution in [2.75, 3.05) is 6.61 Å². The van der Waals surface area contributed by atoms with E-state index in [0.29, 0.717) is 5.56 Å². The second-order valence-corrected chi connectivity index (χ2v) is 10.4. The van der Waals surface area contributed by atoms with Gasteiger partial charge in [0.25, 0.3) is 5.91 Å². The van der Waals surface area contributed by atoms with Crippen molar-refractivity contribution in [1.29, 1.82) is 0 Å². The Hall–Kier alpha value is -2.06. The highest BCUT2D eigenvalue weighted by Crippen LogP contribution is 2.56. The topological polar surface area (TPSA) is 98.7 Å². The Kier molecular flexibility index (Phi) is 6.48. The summed E-state index contributed by atoms with van der Waals surface area (Å²) in [6.45, 7) is 9.31. The number of nitrogens with zero attached hydrogens (tertiary/aromatic N) is 1. The number of hydrogen-bond acceptors (Lipinski definition) is 5. The monoisotopic (exact) mass is 433 g/mol. The minimum Gasteiger partial charge on any atom is -0.394 e. The van der Waals surface area contributed by atoms with Crippen molar-refractivity contribution in [1.82, 2.24) is 15.5 Å². The van der Waals surface area contributed by atoms with E-state index < -0.39 is 16.8 Å². The summed E-state index contributed by atoms with van der Waals surface area (Å²) in [4.78, 5) is 40.5. The lowest BCUT2D eigenvalue weighted by atomic mass is 9.99. The van der Waals surface area contributed by atoms with Gasteiger partial charge in [0.05, 0.1) is 12.6 Å². The fraction of sp³-hybridized carbons (Fsp3) is 0.591. The second kappa shape index (κ2) is 8.59. The molecule has 1 fully saturated rings. The molecule has 0 radical (unpaired) electrons. The third-order valence-corrected chi connectivity index (χ3v) is 7.69. The molecule has 2 heterocycles. The van der Waals surface area contributed by atoms with Crippen LogP contribution in [0.5, 0.6) is 0 Å². The number of fused-ring (bicyclic) bond motifs is 3. The predicted molar refractivity (Wildman–Crippen MR) is 117 cm³/mol. The van der Waals surface area contributed by atoms with Gasteiger partial charge in [-0.1, -0.05) is 38.5 Å². The summed E-state index contributed by atoms with van der Waals surface area (Å²) in [7, 11) is 0. The van der Waals surface area contributed by atoms with Crippen LogP contribution in [0.15, 0.2) is 24.3 Å². The number of carbonyl (C=O) groups excluding carboxylic acids is 3. The first-order chi connectivity index (χ1) is 14.1. The first kappa shape index (κ1) is 22.6. The number of amides is 3. The molecule has 3 rings (SSSR count). The number of rotatable bonds is 7.